The Kier molecular flexibility index (Phi) is 6.31. The lowest BCUT2D eigenvalue weighted by molar-refractivity contribution is -0.143. The van der Waals surface area contributed by atoms with Crippen LogP contribution in [0.25, 0.3) is 0 Å². The Bertz CT molecular complexity index is 1010. The van der Waals surface area contributed by atoms with Crippen molar-refractivity contribution in [3.05, 3.63) is 65.2 Å². The molecule has 168 valence electrons. The van der Waals surface area contributed by atoms with Crippen molar-refractivity contribution >= 4 is 23.4 Å². The lowest BCUT2D eigenvalue weighted by Crippen LogP contribution is -2.56. The summed E-state index contributed by atoms with van der Waals surface area (Å²) in [6, 6.07) is 15.0. The van der Waals surface area contributed by atoms with Gasteiger partial charge in [0, 0.05) is 30.6 Å². The Labute approximate surface area is 189 Å². The summed E-state index contributed by atoms with van der Waals surface area (Å²) in [7, 11) is 0. The molecule has 6 heteroatoms. The van der Waals surface area contributed by atoms with E-state index in [0.717, 1.165) is 24.0 Å². The van der Waals surface area contributed by atoms with Crippen LogP contribution in [0.1, 0.15) is 68.7 Å². The van der Waals surface area contributed by atoms with Crippen molar-refractivity contribution in [1.82, 2.24) is 10.2 Å². The number of rotatable bonds is 7. The minimum atomic E-state index is -0.439. The first-order valence-electron chi connectivity index (χ1n) is 11.4. The van der Waals surface area contributed by atoms with Gasteiger partial charge in [-0.1, -0.05) is 56.3 Å². The van der Waals surface area contributed by atoms with Crippen molar-refractivity contribution < 1.29 is 14.4 Å². The molecule has 6 nitrogen and oxygen atoms in total. The number of amides is 3. The van der Waals surface area contributed by atoms with Crippen LogP contribution >= 0.6 is 0 Å². The molecule has 32 heavy (non-hydrogen) atoms. The molecule has 2 atom stereocenters. The van der Waals surface area contributed by atoms with Gasteiger partial charge in [-0.15, -0.1) is 0 Å². The Balaban J connectivity index is 1.63. The summed E-state index contributed by atoms with van der Waals surface area (Å²) >= 11 is 0. The highest BCUT2D eigenvalue weighted by Crippen LogP contribution is 2.34. The van der Waals surface area contributed by atoms with Crippen LogP contribution < -0.4 is 10.6 Å². The van der Waals surface area contributed by atoms with Crippen LogP contribution in [0.5, 0.6) is 0 Å². The van der Waals surface area contributed by atoms with E-state index in [-0.39, 0.29) is 29.7 Å². The zero-order valence-corrected chi connectivity index (χ0v) is 18.9. The maximum Gasteiger partial charge on any atom is 0.247 e. The molecule has 0 aromatic heterocycles. The van der Waals surface area contributed by atoms with Crippen LogP contribution in [0.15, 0.2) is 48.5 Å². The van der Waals surface area contributed by atoms with E-state index in [1.165, 1.54) is 12.5 Å². The monoisotopic (exact) mass is 433 g/mol. The SMILES string of the molecule is CC(=O)N1CCC1C(=O)Nc1ccccc1C(NC(=O)C1CC1)c1ccc(C(C)C)cc1. The molecule has 2 aromatic carbocycles. The van der Waals surface area contributed by atoms with Gasteiger partial charge in [-0.3, -0.25) is 14.4 Å². The summed E-state index contributed by atoms with van der Waals surface area (Å²) in [5, 5.41) is 6.21. The molecule has 0 bridgehead atoms. The molecule has 0 radical (unpaired) electrons. The van der Waals surface area contributed by atoms with Gasteiger partial charge in [-0.2, -0.15) is 0 Å². The molecule has 1 aliphatic carbocycles. The number of para-hydroxylation sites is 1. The molecule has 1 heterocycles. The first-order chi connectivity index (χ1) is 15.3. The van der Waals surface area contributed by atoms with Crippen LogP contribution in [0.4, 0.5) is 5.69 Å². The topological polar surface area (TPSA) is 78.5 Å². The Morgan fingerprint density at radius 2 is 1.56 bits per heavy atom. The minimum absolute atomic E-state index is 0.0470. The van der Waals surface area contributed by atoms with Crippen molar-refractivity contribution in [2.75, 3.05) is 11.9 Å². The molecular formula is C26H31N3O3. The molecule has 1 saturated carbocycles. The molecule has 1 aliphatic heterocycles. The molecule has 2 unspecified atom stereocenters. The second-order valence-electron chi connectivity index (χ2n) is 9.13. The molecule has 0 spiro atoms. The quantitative estimate of drug-likeness (QED) is 0.693. The summed E-state index contributed by atoms with van der Waals surface area (Å²) in [6.07, 6.45) is 2.50. The zero-order chi connectivity index (χ0) is 22.8. The number of nitrogens with zero attached hydrogens (tertiary/aromatic N) is 1. The third kappa shape index (κ3) is 4.69. The third-order valence-electron chi connectivity index (χ3n) is 6.43. The van der Waals surface area contributed by atoms with Crippen molar-refractivity contribution in [1.29, 1.82) is 0 Å². The fourth-order valence-electron chi connectivity index (χ4n) is 4.14. The van der Waals surface area contributed by atoms with E-state index in [1.807, 2.05) is 24.3 Å². The first-order valence-corrected chi connectivity index (χ1v) is 11.4. The van der Waals surface area contributed by atoms with Gasteiger partial charge < -0.3 is 15.5 Å². The Morgan fingerprint density at radius 3 is 2.12 bits per heavy atom. The maximum atomic E-state index is 12.9. The Hall–Kier alpha value is -3.15. The van der Waals surface area contributed by atoms with Gasteiger partial charge in [-0.25, -0.2) is 0 Å². The van der Waals surface area contributed by atoms with E-state index in [2.05, 4.69) is 48.7 Å². The third-order valence-corrected chi connectivity index (χ3v) is 6.43. The first kappa shape index (κ1) is 22.1. The molecule has 2 fully saturated rings. The highest BCUT2D eigenvalue weighted by molar-refractivity contribution is 5.98. The fraction of sp³-hybridized carbons (Fsp3) is 0.423. The second kappa shape index (κ2) is 9.15. The fourth-order valence-corrected chi connectivity index (χ4v) is 4.14. The van der Waals surface area contributed by atoms with E-state index < -0.39 is 6.04 Å². The van der Waals surface area contributed by atoms with E-state index in [1.54, 1.807) is 4.90 Å². The molecular weight excluding hydrogens is 402 g/mol. The van der Waals surface area contributed by atoms with Gasteiger partial charge >= 0.3 is 0 Å². The van der Waals surface area contributed by atoms with Gasteiger partial charge in [0.25, 0.3) is 0 Å². The highest BCUT2D eigenvalue weighted by atomic mass is 16.2. The van der Waals surface area contributed by atoms with Crippen LogP contribution in [0, 0.1) is 5.92 Å². The van der Waals surface area contributed by atoms with Gasteiger partial charge in [0.2, 0.25) is 17.7 Å². The summed E-state index contributed by atoms with van der Waals surface area (Å²) in [5.74, 6) is 0.256. The van der Waals surface area contributed by atoms with E-state index >= 15 is 0 Å². The van der Waals surface area contributed by atoms with Crippen LogP contribution in [0.3, 0.4) is 0 Å². The van der Waals surface area contributed by atoms with Gasteiger partial charge in [-0.05, 0) is 42.4 Å². The van der Waals surface area contributed by atoms with E-state index in [4.69, 9.17) is 0 Å². The van der Waals surface area contributed by atoms with Crippen LogP contribution in [0.2, 0.25) is 0 Å². The summed E-state index contributed by atoms with van der Waals surface area (Å²) < 4.78 is 0. The van der Waals surface area contributed by atoms with Crippen molar-refractivity contribution in [2.24, 2.45) is 5.92 Å². The number of hydrogen-bond acceptors (Lipinski definition) is 3. The van der Waals surface area contributed by atoms with Gasteiger partial charge in [0.05, 0.1) is 6.04 Å². The minimum Gasteiger partial charge on any atom is -0.345 e. The van der Waals surface area contributed by atoms with Crippen LogP contribution in [-0.2, 0) is 14.4 Å². The van der Waals surface area contributed by atoms with Crippen molar-refractivity contribution in [3.8, 4) is 0 Å². The van der Waals surface area contributed by atoms with Gasteiger partial charge in [0.1, 0.15) is 6.04 Å². The van der Waals surface area contributed by atoms with Crippen molar-refractivity contribution in [2.45, 2.75) is 58.0 Å². The van der Waals surface area contributed by atoms with E-state index in [0.29, 0.717) is 24.6 Å². The average Bonchev–Trinajstić information content (AvgIpc) is 3.57. The molecule has 4 rings (SSSR count). The predicted octanol–water partition coefficient (Wildman–Crippen LogP) is 3.98. The average molecular weight is 434 g/mol. The molecule has 2 aromatic rings. The smallest absolute Gasteiger partial charge is 0.247 e. The number of hydrogen-bond donors (Lipinski definition) is 2. The highest BCUT2D eigenvalue weighted by Gasteiger charge is 2.36. The normalized spacial score (nSPS) is 18.6. The number of anilines is 1. The molecule has 3 amide bonds. The number of carbonyl (C=O) groups excluding carboxylic acids is 3. The lowest BCUT2D eigenvalue weighted by Gasteiger charge is -2.39. The lowest BCUT2D eigenvalue weighted by atomic mass is 9.93. The maximum absolute atomic E-state index is 12.9. The standard InChI is InChI=1S/C26H31N3O3/c1-16(2)18-8-10-19(11-9-18)24(28-25(31)20-12-13-20)21-6-4-5-7-22(21)27-26(32)23-14-15-29(23)17(3)30/h4-11,16,20,23-24H,12-15H2,1-3H3,(H,27,32)(H,28,31). The largest absolute Gasteiger partial charge is 0.345 e. The van der Waals surface area contributed by atoms with Gasteiger partial charge in [0.15, 0.2) is 0 Å². The summed E-state index contributed by atoms with van der Waals surface area (Å²) in [6.45, 7) is 6.39. The van der Waals surface area contributed by atoms with Crippen molar-refractivity contribution in [3.63, 3.8) is 0 Å². The molecule has 2 aliphatic rings. The van der Waals surface area contributed by atoms with Crippen LogP contribution in [-0.4, -0.2) is 35.2 Å². The number of nitrogens with one attached hydrogen (secondary N) is 2. The Morgan fingerprint density at radius 1 is 0.906 bits per heavy atom. The summed E-state index contributed by atoms with van der Waals surface area (Å²) in [4.78, 5) is 38.9. The zero-order valence-electron chi connectivity index (χ0n) is 18.9. The predicted molar refractivity (Wildman–Crippen MR) is 124 cm³/mol. The molecule has 2 N–H and O–H groups in total. The number of carbonyl (C=O) groups is 3. The van der Waals surface area contributed by atoms with E-state index in [9.17, 15) is 14.4 Å². The summed E-state index contributed by atoms with van der Waals surface area (Å²) in [5.41, 5.74) is 3.69. The number of benzene rings is 2. The number of likely N-dealkylation sites (tertiary alicyclic amines) is 1. The molecule has 1 saturated heterocycles. The second-order valence-corrected chi connectivity index (χ2v) is 9.13.